The molecule has 1 aromatic carbocycles. The van der Waals surface area contributed by atoms with E-state index in [2.05, 4.69) is 24.4 Å². The Morgan fingerprint density at radius 2 is 1.86 bits per heavy atom. The highest BCUT2D eigenvalue weighted by Gasteiger charge is 2.20. The Balaban J connectivity index is 1.54. The van der Waals surface area contributed by atoms with Crippen molar-refractivity contribution in [1.29, 1.82) is 0 Å². The largest absolute Gasteiger partial charge is 0.486 e. The molecule has 0 saturated heterocycles. The fourth-order valence-corrected chi connectivity index (χ4v) is 3.14. The third-order valence-corrected chi connectivity index (χ3v) is 4.60. The molecular weight excluding hydrogens is 266 g/mol. The minimum absolute atomic E-state index is 0.0727. The third kappa shape index (κ3) is 3.69. The molecule has 0 radical (unpaired) electrons. The number of aliphatic hydroxyl groups is 1. The number of hydrogen-bond donors (Lipinski definition) is 2. The first-order valence-corrected chi connectivity index (χ1v) is 8.03. The Bertz CT molecular complexity index is 469. The third-order valence-electron chi connectivity index (χ3n) is 4.60. The van der Waals surface area contributed by atoms with Gasteiger partial charge in [0, 0.05) is 6.04 Å². The first-order chi connectivity index (χ1) is 10.2. The number of rotatable bonds is 4. The average Bonchev–Trinajstić information content (AvgIpc) is 2.53. The fourth-order valence-electron chi connectivity index (χ4n) is 3.14. The second-order valence-corrected chi connectivity index (χ2v) is 6.21. The normalized spacial score (nSPS) is 26.4. The first-order valence-electron chi connectivity index (χ1n) is 8.03. The highest BCUT2D eigenvalue weighted by molar-refractivity contribution is 5.44. The van der Waals surface area contributed by atoms with Gasteiger partial charge >= 0.3 is 0 Å². The van der Waals surface area contributed by atoms with Gasteiger partial charge in [0.05, 0.1) is 6.10 Å². The van der Waals surface area contributed by atoms with Crippen molar-refractivity contribution in [2.24, 2.45) is 5.92 Å². The van der Waals surface area contributed by atoms with Gasteiger partial charge in [-0.25, -0.2) is 0 Å². The van der Waals surface area contributed by atoms with Crippen LogP contribution in [0.3, 0.4) is 0 Å². The summed E-state index contributed by atoms with van der Waals surface area (Å²) >= 11 is 0. The van der Waals surface area contributed by atoms with E-state index in [-0.39, 0.29) is 6.10 Å². The number of ether oxygens (including phenoxy) is 2. The zero-order valence-corrected chi connectivity index (χ0v) is 12.7. The minimum atomic E-state index is -0.0727. The summed E-state index contributed by atoms with van der Waals surface area (Å²) in [6.45, 7) is 4.46. The van der Waals surface area contributed by atoms with Crippen molar-refractivity contribution in [2.45, 2.75) is 44.8 Å². The molecule has 2 N–H and O–H groups in total. The van der Waals surface area contributed by atoms with Gasteiger partial charge in [-0.05, 0) is 62.8 Å². The van der Waals surface area contributed by atoms with E-state index in [1.54, 1.807) is 0 Å². The molecule has 2 aliphatic rings. The molecule has 0 aromatic heterocycles. The molecule has 0 spiro atoms. The highest BCUT2D eigenvalue weighted by Crippen LogP contribution is 2.32. The zero-order chi connectivity index (χ0) is 14.7. The van der Waals surface area contributed by atoms with Gasteiger partial charge in [-0.15, -0.1) is 0 Å². The molecule has 0 amide bonds. The van der Waals surface area contributed by atoms with Crippen LogP contribution in [0.4, 0.5) is 0 Å². The Kier molecular flexibility index (Phi) is 4.66. The van der Waals surface area contributed by atoms with Gasteiger partial charge in [0.15, 0.2) is 11.5 Å². The van der Waals surface area contributed by atoms with E-state index in [0.717, 1.165) is 43.7 Å². The highest BCUT2D eigenvalue weighted by atomic mass is 16.6. The van der Waals surface area contributed by atoms with E-state index in [4.69, 9.17) is 9.47 Å². The van der Waals surface area contributed by atoms with Gasteiger partial charge in [0.1, 0.15) is 13.2 Å². The molecule has 1 heterocycles. The van der Waals surface area contributed by atoms with Crippen LogP contribution in [0.5, 0.6) is 11.5 Å². The van der Waals surface area contributed by atoms with Gasteiger partial charge in [-0.2, -0.15) is 0 Å². The average molecular weight is 291 g/mol. The van der Waals surface area contributed by atoms with E-state index in [1.165, 1.54) is 5.56 Å². The summed E-state index contributed by atoms with van der Waals surface area (Å²) in [6.07, 6.45) is 4.08. The quantitative estimate of drug-likeness (QED) is 0.895. The van der Waals surface area contributed by atoms with Gasteiger partial charge in [0.2, 0.25) is 0 Å². The second-order valence-electron chi connectivity index (χ2n) is 6.21. The van der Waals surface area contributed by atoms with Crippen LogP contribution in [0.25, 0.3) is 0 Å². The molecule has 1 unspecified atom stereocenters. The van der Waals surface area contributed by atoms with Crippen molar-refractivity contribution in [3.8, 4) is 11.5 Å². The molecule has 1 fully saturated rings. The van der Waals surface area contributed by atoms with Crippen LogP contribution in [0, 0.1) is 5.92 Å². The summed E-state index contributed by atoms with van der Waals surface area (Å²) in [5, 5.41) is 13.2. The lowest BCUT2D eigenvalue weighted by Gasteiger charge is -2.27. The molecule has 1 aromatic rings. The number of fused-ring (bicyclic) bond motifs is 1. The van der Waals surface area contributed by atoms with E-state index < -0.39 is 0 Å². The smallest absolute Gasteiger partial charge is 0.161 e. The van der Waals surface area contributed by atoms with Crippen LogP contribution in [-0.2, 0) is 0 Å². The lowest BCUT2D eigenvalue weighted by atomic mass is 9.87. The molecule has 1 aliphatic heterocycles. The van der Waals surface area contributed by atoms with Crippen molar-refractivity contribution >= 4 is 0 Å². The van der Waals surface area contributed by atoms with Gasteiger partial charge in [0.25, 0.3) is 0 Å². The summed E-state index contributed by atoms with van der Waals surface area (Å²) in [5.74, 6) is 2.39. The number of aliphatic hydroxyl groups excluding tert-OH is 1. The standard InChI is InChI=1S/C17H25NO3/c1-12(18-11-13-2-5-15(19)6-3-13)14-4-7-16-17(10-14)21-9-8-20-16/h4,7,10,12-13,15,18-19H,2-3,5-6,8-9,11H2,1H3. The lowest BCUT2D eigenvalue weighted by molar-refractivity contribution is 0.108. The zero-order valence-electron chi connectivity index (χ0n) is 12.7. The number of nitrogens with one attached hydrogen (secondary N) is 1. The molecule has 4 nitrogen and oxygen atoms in total. The summed E-state index contributed by atoms with van der Waals surface area (Å²) in [5.41, 5.74) is 1.23. The molecule has 1 atom stereocenters. The Hall–Kier alpha value is -1.26. The van der Waals surface area contributed by atoms with E-state index in [0.29, 0.717) is 25.2 Å². The molecule has 116 valence electrons. The van der Waals surface area contributed by atoms with Gasteiger partial charge < -0.3 is 19.9 Å². The topological polar surface area (TPSA) is 50.7 Å². The number of hydrogen-bond acceptors (Lipinski definition) is 4. The molecule has 0 bridgehead atoms. The summed E-state index contributed by atoms with van der Waals surface area (Å²) in [7, 11) is 0. The van der Waals surface area contributed by atoms with Crippen LogP contribution < -0.4 is 14.8 Å². The predicted octanol–water partition coefficient (Wildman–Crippen LogP) is 2.66. The van der Waals surface area contributed by atoms with Crippen molar-refractivity contribution in [3.05, 3.63) is 23.8 Å². The maximum absolute atomic E-state index is 9.55. The fraction of sp³-hybridized carbons (Fsp3) is 0.647. The second kappa shape index (κ2) is 6.67. The molecule has 3 rings (SSSR count). The Morgan fingerprint density at radius 3 is 2.62 bits per heavy atom. The summed E-state index contributed by atoms with van der Waals surface area (Å²) in [6, 6.07) is 6.48. The van der Waals surface area contributed by atoms with Crippen molar-refractivity contribution < 1.29 is 14.6 Å². The molecule has 4 heteroatoms. The predicted molar refractivity (Wildman–Crippen MR) is 81.8 cm³/mol. The Labute approximate surface area is 126 Å². The van der Waals surface area contributed by atoms with Crippen molar-refractivity contribution in [3.63, 3.8) is 0 Å². The lowest BCUT2D eigenvalue weighted by Crippen LogP contribution is -2.29. The van der Waals surface area contributed by atoms with E-state index in [1.807, 2.05) is 6.07 Å². The Morgan fingerprint density at radius 1 is 1.14 bits per heavy atom. The maximum atomic E-state index is 9.55. The SMILES string of the molecule is CC(NCC1CCC(O)CC1)c1ccc2c(c1)OCCO2. The minimum Gasteiger partial charge on any atom is -0.486 e. The number of benzene rings is 1. The first kappa shape index (κ1) is 14.7. The van der Waals surface area contributed by atoms with Gasteiger partial charge in [-0.3, -0.25) is 0 Å². The van der Waals surface area contributed by atoms with Crippen LogP contribution in [0.2, 0.25) is 0 Å². The molecule has 21 heavy (non-hydrogen) atoms. The van der Waals surface area contributed by atoms with Crippen LogP contribution >= 0.6 is 0 Å². The molecule has 1 saturated carbocycles. The van der Waals surface area contributed by atoms with Crippen LogP contribution in [-0.4, -0.2) is 31.0 Å². The maximum Gasteiger partial charge on any atom is 0.161 e. The van der Waals surface area contributed by atoms with E-state index in [9.17, 15) is 5.11 Å². The van der Waals surface area contributed by atoms with Crippen molar-refractivity contribution in [2.75, 3.05) is 19.8 Å². The van der Waals surface area contributed by atoms with Crippen molar-refractivity contribution in [1.82, 2.24) is 5.32 Å². The van der Waals surface area contributed by atoms with Crippen LogP contribution in [0.15, 0.2) is 18.2 Å². The molecule has 1 aliphatic carbocycles. The monoisotopic (exact) mass is 291 g/mol. The summed E-state index contributed by atoms with van der Waals surface area (Å²) in [4.78, 5) is 0. The summed E-state index contributed by atoms with van der Waals surface area (Å²) < 4.78 is 11.2. The van der Waals surface area contributed by atoms with Gasteiger partial charge in [-0.1, -0.05) is 6.07 Å². The molecular formula is C17H25NO3. The van der Waals surface area contributed by atoms with Crippen LogP contribution in [0.1, 0.15) is 44.2 Å². The van der Waals surface area contributed by atoms with E-state index >= 15 is 0 Å².